The molecule has 5 nitrogen and oxygen atoms in total. The summed E-state index contributed by atoms with van der Waals surface area (Å²) < 4.78 is 18.6. The number of rotatable bonds is 4. The minimum atomic E-state index is -2.56. The monoisotopic (exact) mass is 392 g/mol. The number of para-hydroxylation sites is 2. The number of unbranched alkanes of at least 4 members (excludes halogenated alkanes) is 1. The normalized spacial score (nSPS) is 14.5. The molecule has 28 heavy (non-hydrogen) atoms. The molecular weight excluding hydrogens is 367 g/mol. The van der Waals surface area contributed by atoms with Crippen LogP contribution in [0.5, 0.6) is 11.5 Å². The van der Waals surface area contributed by atoms with Crippen LogP contribution in [0.2, 0.25) is 0 Å². The Bertz CT molecular complexity index is 805. The van der Waals surface area contributed by atoms with Crippen molar-refractivity contribution in [1.29, 1.82) is 0 Å². The van der Waals surface area contributed by atoms with E-state index in [0.717, 1.165) is 29.7 Å². The van der Waals surface area contributed by atoms with Gasteiger partial charge in [-0.15, -0.1) is 0 Å². The number of benzene rings is 2. The molecule has 144 valence electrons. The molecule has 1 aliphatic rings. The molecule has 2 aromatic rings. The largest absolute Gasteiger partial charge is 1.20 e. The van der Waals surface area contributed by atoms with Gasteiger partial charge in [-0.05, 0) is 37.6 Å². The molecule has 0 aromatic heterocycles. The molecule has 3 rings (SSSR count). The summed E-state index contributed by atoms with van der Waals surface area (Å²) in [5.74, 6) is 2.24. The fourth-order valence-electron chi connectivity index (χ4n) is 2.66. The van der Waals surface area contributed by atoms with Crippen molar-refractivity contribution < 1.29 is 11.4 Å². The number of nitrogens with zero attached hydrogens (tertiary/aromatic N) is 2. The van der Waals surface area contributed by atoms with Gasteiger partial charge in [0.05, 0.1) is 30.3 Å². The van der Waals surface area contributed by atoms with E-state index in [0.29, 0.717) is 24.6 Å². The maximum Gasteiger partial charge on any atom is 1.20 e. The zero-order valence-corrected chi connectivity index (χ0v) is 17.5. The van der Waals surface area contributed by atoms with Crippen LogP contribution in [-0.2, 0) is 3.79 Å². The summed E-state index contributed by atoms with van der Waals surface area (Å²) in [5.41, 5.74) is 1.80. The van der Waals surface area contributed by atoms with E-state index in [1.165, 1.54) is 0 Å². The second-order valence-corrected chi connectivity index (χ2v) is 7.68. The van der Waals surface area contributed by atoms with E-state index in [-0.39, 0.29) is 0 Å². The first-order chi connectivity index (χ1) is 13.8. The second-order valence-electron chi connectivity index (χ2n) is 6.39. The highest BCUT2D eigenvalue weighted by Crippen LogP contribution is 2.22. The summed E-state index contributed by atoms with van der Waals surface area (Å²) in [6.45, 7) is 5.31. The van der Waals surface area contributed by atoms with Gasteiger partial charge in [-0.2, -0.15) is 0 Å². The molecule has 0 spiro atoms. The van der Waals surface area contributed by atoms with Crippen LogP contribution in [0.15, 0.2) is 70.4 Å². The zero-order valence-electron chi connectivity index (χ0n) is 16.4. The van der Waals surface area contributed by atoms with Gasteiger partial charge in [-0.25, -0.2) is 0 Å². The first-order valence-corrected chi connectivity index (χ1v) is 11.0. The average molecular weight is 392 g/mol. The lowest BCUT2D eigenvalue weighted by atomic mass is 10.2. The van der Waals surface area contributed by atoms with Gasteiger partial charge < -0.3 is 11.4 Å². The fraction of sp³-hybridized carbons (Fsp3) is 0.273. The van der Waals surface area contributed by atoms with E-state index in [1.54, 1.807) is 0 Å². The standard InChI is InChI=1S/C16H16N2O2.C6H12O.Al/c19-15-7-3-1-5-13(15)11-17-9-10-18-12-14-6-2-4-8-16(14)20;1-3-4-5-6(2)7;/h1-8,11-12,19-20H,9-10H2;5,7H,3-4H2,1-2H3;/q;;+3/p-3. The smallest absolute Gasteiger partial charge is 0.581 e. The fourth-order valence-corrected chi connectivity index (χ4v) is 4.05. The Morgan fingerprint density at radius 2 is 1.50 bits per heavy atom. The molecule has 0 N–H and O–H groups in total. The summed E-state index contributed by atoms with van der Waals surface area (Å²) in [6.07, 6.45) is 7.73. The molecule has 0 saturated carbocycles. The Morgan fingerprint density at radius 1 is 0.964 bits per heavy atom. The number of hydrogen-bond acceptors (Lipinski definition) is 5. The maximum atomic E-state index is 6.24. The molecule has 0 amide bonds. The third-order valence-corrected chi connectivity index (χ3v) is 5.56. The minimum absolute atomic E-state index is 0.615. The topological polar surface area (TPSA) is 52.4 Å². The molecule has 0 bridgehead atoms. The zero-order chi connectivity index (χ0) is 19.6. The van der Waals surface area contributed by atoms with Gasteiger partial charge in [0.2, 0.25) is 0 Å². The summed E-state index contributed by atoms with van der Waals surface area (Å²) >= 11 is -2.56. The molecule has 0 aliphatic carbocycles. The maximum absolute atomic E-state index is 6.24. The highest BCUT2D eigenvalue weighted by Gasteiger charge is 2.45. The van der Waals surface area contributed by atoms with Crippen LogP contribution in [0.1, 0.15) is 37.8 Å². The summed E-state index contributed by atoms with van der Waals surface area (Å²) in [6, 6.07) is 15.6. The minimum Gasteiger partial charge on any atom is -0.581 e. The van der Waals surface area contributed by atoms with Crippen molar-refractivity contribution in [3.05, 3.63) is 71.5 Å². The van der Waals surface area contributed by atoms with Crippen LogP contribution < -0.4 is 7.58 Å². The van der Waals surface area contributed by atoms with E-state index in [1.807, 2.05) is 67.9 Å². The Kier molecular flexibility index (Phi) is 7.72. The lowest BCUT2D eigenvalue weighted by Crippen LogP contribution is -2.34. The van der Waals surface area contributed by atoms with Crippen molar-refractivity contribution in [2.45, 2.75) is 26.7 Å². The van der Waals surface area contributed by atoms with Crippen molar-refractivity contribution in [3.8, 4) is 11.5 Å². The van der Waals surface area contributed by atoms with E-state index < -0.39 is 15.1 Å². The quantitative estimate of drug-likeness (QED) is 0.560. The predicted octanol–water partition coefficient (Wildman–Crippen LogP) is 4.70. The second kappa shape index (κ2) is 10.7. The molecular formula is C22H25AlN2O3. The van der Waals surface area contributed by atoms with Gasteiger partial charge in [0.25, 0.3) is 0 Å². The van der Waals surface area contributed by atoms with Crippen molar-refractivity contribution in [1.82, 2.24) is 0 Å². The van der Waals surface area contributed by atoms with E-state index >= 15 is 0 Å². The Morgan fingerprint density at radius 3 is 2.04 bits per heavy atom. The van der Waals surface area contributed by atoms with Crippen molar-refractivity contribution in [3.63, 3.8) is 0 Å². The number of allylic oxidation sites excluding steroid dienone is 2. The average Bonchev–Trinajstić information content (AvgIpc) is 2.72. The molecule has 2 aromatic carbocycles. The molecule has 0 atom stereocenters. The highest BCUT2D eigenvalue weighted by atomic mass is 27.3. The molecule has 0 radical (unpaired) electrons. The van der Waals surface area contributed by atoms with Gasteiger partial charge in [-0.1, -0.05) is 43.7 Å². The Labute approximate surface area is 171 Å². The summed E-state index contributed by atoms with van der Waals surface area (Å²) in [5, 5.41) is 0. The van der Waals surface area contributed by atoms with E-state index in [9.17, 15) is 0 Å². The first kappa shape index (κ1) is 20.2. The molecule has 6 heteroatoms. The predicted molar refractivity (Wildman–Crippen MR) is 115 cm³/mol. The van der Waals surface area contributed by atoms with Gasteiger partial charge in [-0.3, -0.25) is 9.98 Å². The first-order valence-electron chi connectivity index (χ1n) is 9.60. The van der Waals surface area contributed by atoms with Crippen LogP contribution in [0.3, 0.4) is 0 Å². The van der Waals surface area contributed by atoms with Crippen LogP contribution >= 0.6 is 0 Å². The Balaban J connectivity index is 1.94. The van der Waals surface area contributed by atoms with E-state index in [2.05, 4.69) is 23.0 Å². The van der Waals surface area contributed by atoms with Crippen LogP contribution in [0.25, 0.3) is 0 Å². The summed E-state index contributed by atoms with van der Waals surface area (Å²) in [4.78, 5) is 8.93. The van der Waals surface area contributed by atoms with Gasteiger partial charge in [0, 0.05) is 23.6 Å². The van der Waals surface area contributed by atoms with Gasteiger partial charge in [0.15, 0.2) is 0 Å². The molecule has 0 saturated heterocycles. The third kappa shape index (κ3) is 5.98. The van der Waals surface area contributed by atoms with Crippen LogP contribution in [0.4, 0.5) is 0 Å². The number of hydrogen-bond donors (Lipinski definition) is 0. The molecule has 1 aliphatic heterocycles. The summed E-state index contributed by atoms with van der Waals surface area (Å²) in [7, 11) is 0. The van der Waals surface area contributed by atoms with Gasteiger partial charge in [0.1, 0.15) is 0 Å². The van der Waals surface area contributed by atoms with Crippen molar-refractivity contribution >= 4 is 27.6 Å². The number of fused-ring (bicyclic) bond motifs is 2. The van der Waals surface area contributed by atoms with E-state index in [4.69, 9.17) is 11.4 Å². The lowest BCUT2D eigenvalue weighted by molar-refractivity contribution is 0.255. The molecule has 1 heterocycles. The van der Waals surface area contributed by atoms with Crippen molar-refractivity contribution in [2.75, 3.05) is 13.1 Å². The third-order valence-electron chi connectivity index (χ3n) is 4.11. The Hall–Kier alpha value is -2.55. The lowest BCUT2D eigenvalue weighted by Gasteiger charge is -2.18. The van der Waals surface area contributed by atoms with Crippen LogP contribution in [-0.4, -0.2) is 40.7 Å². The van der Waals surface area contributed by atoms with Crippen molar-refractivity contribution in [2.24, 2.45) is 9.98 Å². The number of aliphatic imine (C=N–C) groups is 2. The SMILES string of the molecule is CCCC=C(C)[O][Al]1[O]c2ccccc2C=NCCN=Cc2ccccc2[O]1. The highest BCUT2D eigenvalue weighted by molar-refractivity contribution is 6.39. The van der Waals surface area contributed by atoms with Gasteiger partial charge >= 0.3 is 15.1 Å². The molecule has 0 unspecified atom stereocenters. The van der Waals surface area contributed by atoms with Crippen LogP contribution in [0, 0.1) is 0 Å². The molecule has 0 fully saturated rings.